The Balaban J connectivity index is 1.75. The van der Waals surface area contributed by atoms with Crippen LogP contribution in [0.2, 0.25) is 0 Å². The van der Waals surface area contributed by atoms with Crippen LogP contribution in [-0.2, 0) is 10.0 Å². The number of thioether (sulfide) groups is 1. The van der Waals surface area contributed by atoms with E-state index in [0.29, 0.717) is 18.0 Å². The van der Waals surface area contributed by atoms with Crippen LogP contribution in [0, 0.1) is 5.41 Å². The highest BCUT2D eigenvalue weighted by Gasteiger charge is 2.41. The molecule has 2 rings (SSSR count). The quantitative estimate of drug-likeness (QED) is 0.540. The smallest absolute Gasteiger partial charge is 0.212 e. The van der Waals surface area contributed by atoms with Gasteiger partial charge in [0.2, 0.25) is 10.0 Å². The van der Waals surface area contributed by atoms with Crippen LogP contribution >= 0.6 is 11.8 Å². The maximum Gasteiger partial charge on any atom is 0.212 e. The first-order chi connectivity index (χ1) is 9.96. The average Bonchev–Trinajstić information content (AvgIpc) is 3.20. The van der Waals surface area contributed by atoms with E-state index in [-0.39, 0.29) is 11.2 Å². The van der Waals surface area contributed by atoms with Gasteiger partial charge in [0.1, 0.15) is 0 Å². The SMILES string of the molecule is CCCC1(CNS(=O)(=O)CCSc2ccccc2N)CC1. The Hall–Kier alpha value is -0.720. The van der Waals surface area contributed by atoms with Crippen LogP contribution in [0.25, 0.3) is 0 Å². The van der Waals surface area contributed by atoms with Gasteiger partial charge in [-0.1, -0.05) is 25.5 Å². The second-order valence-corrected chi connectivity index (χ2v) is 8.84. The molecule has 0 amide bonds. The molecule has 3 N–H and O–H groups in total. The van der Waals surface area contributed by atoms with Gasteiger partial charge in [0, 0.05) is 22.9 Å². The maximum atomic E-state index is 12.0. The van der Waals surface area contributed by atoms with Gasteiger partial charge in [-0.25, -0.2) is 13.1 Å². The van der Waals surface area contributed by atoms with Crippen molar-refractivity contribution in [3.8, 4) is 0 Å². The monoisotopic (exact) mass is 328 g/mol. The Labute approximate surface area is 131 Å². The molecule has 1 fully saturated rings. The van der Waals surface area contributed by atoms with Gasteiger partial charge in [-0.15, -0.1) is 11.8 Å². The third-order valence-electron chi connectivity index (χ3n) is 3.93. The van der Waals surface area contributed by atoms with Crippen LogP contribution in [0.5, 0.6) is 0 Å². The van der Waals surface area contributed by atoms with Crippen LogP contribution in [0.15, 0.2) is 29.2 Å². The molecule has 1 aromatic rings. The zero-order chi connectivity index (χ0) is 15.3. The lowest BCUT2D eigenvalue weighted by Gasteiger charge is -2.15. The molecule has 21 heavy (non-hydrogen) atoms. The fraction of sp³-hybridized carbons (Fsp3) is 0.600. The summed E-state index contributed by atoms with van der Waals surface area (Å²) in [5.41, 5.74) is 6.79. The predicted molar refractivity (Wildman–Crippen MR) is 89.9 cm³/mol. The molecule has 1 aliphatic rings. The van der Waals surface area contributed by atoms with E-state index in [4.69, 9.17) is 5.73 Å². The number of benzene rings is 1. The molecule has 1 aliphatic carbocycles. The number of hydrogen-bond acceptors (Lipinski definition) is 4. The summed E-state index contributed by atoms with van der Waals surface area (Å²) in [5.74, 6) is 0.651. The van der Waals surface area contributed by atoms with Crippen molar-refractivity contribution in [1.82, 2.24) is 4.72 Å². The van der Waals surface area contributed by atoms with Gasteiger partial charge in [0.15, 0.2) is 0 Å². The van der Waals surface area contributed by atoms with Crippen LogP contribution < -0.4 is 10.5 Å². The first-order valence-electron chi connectivity index (χ1n) is 7.41. The van der Waals surface area contributed by atoms with Gasteiger partial charge < -0.3 is 5.73 Å². The van der Waals surface area contributed by atoms with Gasteiger partial charge in [0.05, 0.1) is 5.75 Å². The highest BCUT2D eigenvalue weighted by molar-refractivity contribution is 8.00. The third-order valence-corrected chi connectivity index (χ3v) is 6.61. The van der Waals surface area contributed by atoms with E-state index in [1.807, 2.05) is 24.3 Å². The van der Waals surface area contributed by atoms with Crippen molar-refractivity contribution in [1.29, 1.82) is 0 Å². The number of nitrogens with two attached hydrogens (primary N) is 1. The van der Waals surface area contributed by atoms with Crippen molar-refractivity contribution in [2.45, 2.75) is 37.5 Å². The summed E-state index contributed by atoms with van der Waals surface area (Å²) in [7, 11) is -3.19. The summed E-state index contributed by atoms with van der Waals surface area (Å²) in [4.78, 5) is 0.942. The largest absolute Gasteiger partial charge is 0.398 e. The van der Waals surface area contributed by atoms with Crippen molar-refractivity contribution in [2.24, 2.45) is 5.41 Å². The number of nitrogen functional groups attached to an aromatic ring is 1. The molecule has 118 valence electrons. The fourth-order valence-electron chi connectivity index (χ4n) is 2.43. The summed E-state index contributed by atoms with van der Waals surface area (Å²) >= 11 is 1.49. The molecule has 0 aliphatic heterocycles. The Morgan fingerprint density at radius 3 is 2.67 bits per heavy atom. The van der Waals surface area contributed by atoms with Gasteiger partial charge in [0.25, 0.3) is 0 Å². The molecule has 4 nitrogen and oxygen atoms in total. The molecule has 0 saturated heterocycles. The van der Waals surface area contributed by atoms with Gasteiger partial charge in [-0.2, -0.15) is 0 Å². The van der Waals surface area contributed by atoms with E-state index in [2.05, 4.69) is 11.6 Å². The first kappa shape index (κ1) is 16.6. The minimum absolute atomic E-state index is 0.133. The maximum absolute atomic E-state index is 12.0. The molecule has 0 atom stereocenters. The number of para-hydroxylation sites is 1. The van der Waals surface area contributed by atoms with Gasteiger partial charge in [-0.05, 0) is 36.8 Å². The zero-order valence-electron chi connectivity index (χ0n) is 12.5. The minimum atomic E-state index is -3.19. The number of sulfonamides is 1. The number of nitrogens with one attached hydrogen (secondary N) is 1. The highest BCUT2D eigenvalue weighted by atomic mass is 32.2. The second kappa shape index (κ2) is 7.03. The fourth-order valence-corrected chi connectivity index (χ4v) is 4.94. The van der Waals surface area contributed by atoms with Crippen LogP contribution in [0.3, 0.4) is 0 Å². The normalized spacial score (nSPS) is 16.8. The van der Waals surface area contributed by atoms with E-state index in [1.54, 1.807) is 0 Å². The van der Waals surface area contributed by atoms with Crippen LogP contribution in [0.1, 0.15) is 32.6 Å². The molecule has 1 saturated carbocycles. The number of hydrogen-bond donors (Lipinski definition) is 2. The van der Waals surface area contributed by atoms with Crippen molar-refractivity contribution in [3.63, 3.8) is 0 Å². The number of anilines is 1. The Kier molecular flexibility index (Phi) is 5.57. The van der Waals surface area contributed by atoms with Crippen molar-refractivity contribution >= 4 is 27.5 Å². The lowest BCUT2D eigenvalue weighted by Crippen LogP contribution is -2.32. The van der Waals surface area contributed by atoms with Crippen LogP contribution in [0.4, 0.5) is 5.69 Å². The Morgan fingerprint density at radius 1 is 1.33 bits per heavy atom. The summed E-state index contributed by atoms with van der Waals surface area (Å²) in [6.07, 6.45) is 4.53. The lowest BCUT2D eigenvalue weighted by molar-refractivity contribution is 0.449. The summed E-state index contributed by atoms with van der Waals surface area (Å²) < 4.78 is 26.8. The van der Waals surface area contributed by atoms with E-state index < -0.39 is 10.0 Å². The van der Waals surface area contributed by atoms with Crippen LogP contribution in [-0.4, -0.2) is 26.5 Å². The minimum Gasteiger partial charge on any atom is -0.398 e. The average molecular weight is 329 g/mol. The Bertz CT molecular complexity index is 569. The first-order valence-corrected chi connectivity index (χ1v) is 10.0. The van der Waals surface area contributed by atoms with Crippen molar-refractivity contribution in [3.05, 3.63) is 24.3 Å². The molecule has 0 spiro atoms. The topological polar surface area (TPSA) is 72.2 Å². The van der Waals surface area contributed by atoms with Crippen molar-refractivity contribution < 1.29 is 8.42 Å². The predicted octanol–water partition coefficient (Wildman–Crippen LogP) is 2.86. The molecular formula is C15H24N2O2S2. The van der Waals surface area contributed by atoms with Gasteiger partial charge >= 0.3 is 0 Å². The molecule has 0 aromatic heterocycles. The molecule has 6 heteroatoms. The second-order valence-electron chi connectivity index (χ2n) is 5.78. The molecule has 0 radical (unpaired) electrons. The van der Waals surface area contributed by atoms with Gasteiger partial charge in [-0.3, -0.25) is 0 Å². The van der Waals surface area contributed by atoms with E-state index in [0.717, 1.165) is 30.6 Å². The summed E-state index contributed by atoms with van der Waals surface area (Å²) in [6, 6.07) is 7.53. The Morgan fingerprint density at radius 2 is 2.05 bits per heavy atom. The lowest BCUT2D eigenvalue weighted by atomic mass is 10.0. The van der Waals surface area contributed by atoms with E-state index in [9.17, 15) is 8.42 Å². The highest BCUT2D eigenvalue weighted by Crippen LogP contribution is 2.49. The molecule has 0 unspecified atom stereocenters. The summed E-state index contributed by atoms with van der Waals surface area (Å²) in [6.45, 7) is 2.75. The summed E-state index contributed by atoms with van der Waals surface area (Å²) in [5, 5.41) is 0. The van der Waals surface area contributed by atoms with E-state index in [1.165, 1.54) is 11.8 Å². The number of rotatable bonds is 9. The van der Waals surface area contributed by atoms with E-state index >= 15 is 0 Å². The molecule has 0 heterocycles. The molecular weight excluding hydrogens is 304 g/mol. The third kappa shape index (κ3) is 5.20. The van der Waals surface area contributed by atoms with Crippen molar-refractivity contribution in [2.75, 3.05) is 23.8 Å². The molecule has 1 aromatic carbocycles. The molecule has 0 bridgehead atoms. The zero-order valence-corrected chi connectivity index (χ0v) is 14.1. The standard InChI is InChI=1S/C15H24N2O2S2/c1-2-7-15(8-9-15)12-17-21(18,19)11-10-20-14-6-4-3-5-13(14)16/h3-6,17H,2,7-12,16H2,1H3.